The van der Waals surface area contributed by atoms with E-state index < -0.39 is 5.97 Å². The van der Waals surface area contributed by atoms with Crippen molar-refractivity contribution in [1.82, 2.24) is 0 Å². The molecule has 0 fully saturated rings. The van der Waals surface area contributed by atoms with Crippen molar-refractivity contribution in [3.8, 4) is 6.07 Å². The van der Waals surface area contributed by atoms with Crippen LogP contribution in [-0.4, -0.2) is 24.2 Å². The van der Waals surface area contributed by atoms with Crippen molar-refractivity contribution in [2.24, 2.45) is 0 Å². The minimum absolute atomic E-state index is 0.0982. The van der Waals surface area contributed by atoms with Gasteiger partial charge in [-0.25, -0.2) is 0 Å². The van der Waals surface area contributed by atoms with Crippen molar-refractivity contribution in [2.45, 2.75) is 13.3 Å². The highest BCUT2D eigenvalue weighted by Gasteiger charge is 2.15. The lowest BCUT2D eigenvalue weighted by atomic mass is 10.1. The molecule has 1 aromatic rings. The fraction of sp³-hybridized carbons (Fsp3) is 0.333. The van der Waals surface area contributed by atoms with E-state index in [1.54, 1.807) is 23.1 Å². The number of halogens is 1. The second-order valence-electron chi connectivity index (χ2n) is 3.56. The van der Waals surface area contributed by atoms with Crippen molar-refractivity contribution >= 4 is 27.6 Å². The number of carboxylic acid groups (broad SMARTS) is 1. The van der Waals surface area contributed by atoms with Crippen LogP contribution in [-0.2, 0) is 4.79 Å². The summed E-state index contributed by atoms with van der Waals surface area (Å²) in [7, 11) is 0. The number of aliphatic carboxylic acids is 1. The van der Waals surface area contributed by atoms with E-state index in [0.717, 1.165) is 6.42 Å². The Morgan fingerprint density at radius 3 is 2.82 bits per heavy atom. The van der Waals surface area contributed by atoms with Gasteiger partial charge in [0.2, 0.25) is 0 Å². The van der Waals surface area contributed by atoms with Gasteiger partial charge in [-0.05, 0) is 34.5 Å². The van der Waals surface area contributed by atoms with Crippen LogP contribution >= 0.6 is 15.9 Å². The average molecular weight is 297 g/mol. The van der Waals surface area contributed by atoms with E-state index in [4.69, 9.17) is 10.4 Å². The quantitative estimate of drug-likeness (QED) is 0.907. The number of hydrogen-bond acceptors (Lipinski definition) is 3. The van der Waals surface area contributed by atoms with Crippen molar-refractivity contribution in [2.75, 3.05) is 18.0 Å². The molecule has 5 heteroatoms. The van der Waals surface area contributed by atoms with Gasteiger partial charge in [0.15, 0.2) is 0 Å². The maximum atomic E-state index is 10.8. The van der Waals surface area contributed by atoms with E-state index in [-0.39, 0.29) is 6.54 Å². The van der Waals surface area contributed by atoms with E-state index in [9.17, 15) is 4.79 Å². The number of nitrogens with zero attached hydrogens (tertiary/aromatic N) is 2. The maximum absolute atomic E-state index is 10.8. The molecular weight excluding hydrogens is 284 g/mol. The SMILES string of the molecule is CCCN(CC(=O)O)c1cccc(Br)c1C#N. The molecule has 0 aliphatic carbocycles. The van der Waals surface area contributed by atoms with Gasteiger partial charge in [0, 0.05) is 11.0 Å². The smallest absolute Gasteiger partial charge is 0.323 e. The predicted octanol–water partition coefficient (Wildman–Crippen LogP) is 2.62. The zero-order valence-electron chi connectivity index (χ0n) is 9.48. The Morgan fingerprint density at radius 1 is 1.59 bits per heavy atom. The maximum Gasteiger partial charge on any atom is 0.323 e. The summed E-state index contributed by atoms with van der Waals surface area (Å²) in [6, 6.07) is 7.43. The molecule has 1 aromatic carbocycles. The number of benzene rings is 1. The highest BCUT2D eigenvalue weighted by molar-refractivity contribution is 9.10. The number of nitriles is 1. The summed E-state index contributed by atoms with van der Waals surface area (Å²) in [4.78, 5) is 12.5. The van der Waals surface area contributed by atoms with Gasteiger partial charge >= 0.3 is 5.97 Å². The number of carbonyl (C=O) groups is 1. The van der Waals surface area contributed by atoms with Crippen LogP contribution < -0.4 is 4.90 Å². The van der Waals surface area contributed by atoms with Crippen LogP contribution in [0.25, 0.3) is 0 Å². The molecule has 0 bridgehead atoms. The lowest BCUT2D eigenvalue weighted by Gasteiger charge is -2.23. The molecule has 1 rings (SSSR count). The monoisotopic (exact) mass is 296 g/mol. The number of rotatable bonds is 5. The van der Waals surface area contributed by atoms with Gasteiger partial charge in [0.05, 0.1) is 11.3 Å². The van der Waals surface area contributed by atoms with Crippen molar-refractivity contribution in [3.63, 3.8) is 0 Å². The molecule has 0 aliphatic rings. The molecule has 0 aliphatic heterocycles. The second kappa shape index (κ2) is 6.26. The molecule has 0 heterocycles. The largest absolute Gasteiger partial charge is 0.480 e. The van der Waals surface area contributed by atoms with Gasteiger partial charge in [-0.15, -0.1) is 0 Å². The zero-order valence-corrected chi connectivity index (χ0v) is 11.1. The van der Waals surface area contributed by atoms with E-state index in [0.29, 0.717) is 22.3 Å². The third-order valence-electron chi connectivity index (χ3n) is 2.26. The van der Waals surface area contributed by atoms with Crippen molar-refractivity contribution in [3.05, 3.63) is 28.2 Å². The predicted molar refractivity (Wildman–Crippen MR) is 69.0 cm³/mol. The van der Waals surface area contributed by atoms with Crippen LogP contribution in [0.4, 0.5) is 5.69 Å². The first kappa shape index (κ1) is 13.5. The van der Waals surface area contributed by atoms with Crippen LogP contribution in [0.15, 0.2) is 22.7 Å². The van der Waals surface area contributed by atoms with Crippen molar-refractivity contribution in [1.29, 1.82) is 5.26 Å². The molecule has 0 radical (unpaired) electrons. The van der Waals surface area contributed by atoms with Gasteiger partial charge in [-0.3, -0.25) is 4.79 Å². The third kappa shape index (κ3) is 3.46. The van der Waals surface area contributed by atoms with E-state index in [1.165, 1.54) is 0 Å². The first-order valence-corrected chi connectivity index (χ1v) is 6.04. The molecule has 0 amide bonds. The fourth-order valence-corrected chi connectivity index (χ4v) is 2.05. The van der Waals surface area contributed by atoms with Gasteiger partial charge in [0.25, 0.3) is 0 Å². The van der Waals surface area contributed by atoms with E-state index in [1.807, 2.05) is 6.92 Å². The summed E-state index contributed by atoms with van der Waals surface area (Å²) in [6.45, 7) is 2.48. The molecule has 90 valence electrons. The van der Waals surface area contributed by atoms with E-state index >= 15 is 0 Å². The van der Waals surface area contributed by atoms with Gasteiger partial charge < -0.3 is 10.0 Å². The molecule has 0 saturated carbocycles. The summed E-state index contributed by atoms with van der Waals surface area (Å²) < 4.78 is 0.684. The van der Waals surface area contributed by atoms with Crippen LogP contribution in [0.5, 0.6) is 0 Å². The minimum atomic E-state index is -0.901. The molecule has 0 atom stereocenters. The van der Waals surface area contributed by atoms with Gasteiger partial charge in [0.1, 0.15) is 12.6 Å². The Hall–Kier alpha value is -1.54. The van der Waals surface area contributed by atoms with E-state index in [2.05, 4.69) is 22.0 Å². The second-order valence-corrected chi connectivity index (χ2v) is 4.42. The Kier molecular flexibility index (Phi) is 4.98. The number of carboxylic acids is 1. The molecule has 0 aromatic heterocycles. The lowest BCUT2D eigenvalue weighted by Crippen LogP contribution is -2.31. The Labute approximate surface area is 109 Å². The molecule has 1 N–H and O–H groups in total. The number of anilines is 1. The highest BCUT2D eigenvalue weighted by atomic mass is 79.9. The Balaban J connectivity index is 3.14. The van der Waals surface area contributed by atoms with Crippen LogP contribution in [0, 0.1) is 11.3 Å². The Morgan fingerprint density at radius 2 is 2.29 bits per heavy atom. The summed E-state index contributed by atoms with van der Waals surface area (Å²) >= 11 is 3.30. The molecular formula is C12H13BrN2O2. The van der Waals surface area contributed by atoms with Gasteiger partial charge in [-0.1, -0.05) is 13.0 Å². The average Bonchev–Trinajstić information content (AvgIpc) is 2.27. The first-order chi connectivity index (χ1) is 8.10. The molecule has 0 spiro atoms. The summed E-state index contributed by atoms with van der Waals surface area (Å²) in [5.41, 5.74) is 1.13. The fourth-order valence-electron chi connectivity index (χ4n) is 1.60. The third-order valence-corrected chi connectivity index (χ3v) is 2.92. The molecule has 0 unspecified atom stereocenters. The topological polar surface area (TPSA) is 64.3 Å². The summed E-state index contributed by atoms with van der Waals surface area (Å²) in [6.07, 6.45) is 0.824. The molecule has 17 heavy (non-hydrogen) atoms. The zero-order chi connectivity index (χ0) is 12.8. The summed E-state index contributed by atoms with van der Waals surface area (Å²) in [5, 5.41) is 18.0. The van der Waals surface area contributed by atoms with Crippen molar-refractivity contribution < 1.29 is 9.90 Å². The standard InChI is InChI=1S/C12H13BrN2O2/c1-2-6-15(8-12(16)17)11-5-3-4-10(13)9(11)7-14/h3-5H,2,6,8H2,1H3,(H,16,17). The normalized spacial score (nSPS) is 9.71. The molecule has 0 saturated heterocycles. The summed E-state index contributed by atoms with van der Waals surface area (Å²) in [5.74, 6) is -0.901. The first-order valence-electron chi connectivity index (χ1n) is 5.25. The van der Waals surface area contributed by atoms with Crippen LogP contribution in [0.1, 0.15) is 18.9 Å². The highest BCUT2D eigenvalue weighted by Crippen LogP contribution is 2.27. The van der Waals surface area contributed by atoms with Gasteiger partial charge in [-0.2, -0.15) is 5.26 Å². The van der Waals surface area contributed by atoms with Crippen LogP contribution in [0.2, 0.25) is 0 Å². The Bertz CT molecular complexity index is 454. The lowest BCUT2D eigenvalue weighted by molar-refractivity contribution is -0.135. The van der Waals surface area contributed by atoms with Crippen LogP contribution in [0.3, 0.4) is 0 Å². The number of hydrogen-bond donors (Lipinski definition) is 1. The minimum Gasteiger partial charge on any atom is -0.480 e. The molecule has 4 nitrogen and oxygen atoms in total.